The minimum Gasteiger partial charge on any atom is -0.508 e. The lowest BCUT2D eigenvalue weighted by atomic mass is 9.95. The molecule has 12 nitrogen and oxygen atoms in total. The van der Waals surface area contributed by atoms with E-state index in [1.165, 1.54) is 67.0 Å². The van der Waals surface area contributed by atoms with E-state index in [4.69, 9.17) is 0 Å². The molecule has 1 unspecified atom stereocenters. The van der Waals surface area contributed by atoms with E-state index in [0.717, 1.165) is 4.31 Å². The molecule has 2 aliphatic rings. The molecular weight excluding hydrogens is 560 g/mol. The van der Waals surface area contributed by atoms with Crippen LogP contribution in [0.5, 0.6) is 5.75 Å². The Balaban J connectivity index is 1.54. The van der Waals surface area contributed by atoms with E-state index in [9.17, 15) is 37.8 Å². The molecular formula is C26H30N4O8S2. The second-order valence-corrected chi connectivity index (χ2v) is 13.9. The van der Waals surface area contributed by atoms with Gasteiger partial charge in [0.2, 0.25) is 27.7 Å². The zero-order valence-electron chi connectivity index (χ0n) is 22.1. The first kappa shape index (κ1) is 29.4. The van der Waals surface area contributed by atoms with Gasteiger partial charge < -0.3 is 25.7 Å². The number of aliphatic carboxylic acids is 1. The Hall–Kier alpha value is -3.62. The number of amides is 3. The molecule has 2 aliphatic heterocycles. The number of likely N-dealkylation sites (N-methyl/N-ethyl adjacent to an activating group) is 1. The summed E-state index contributed by atoms with van der Waals surface area (Å²) in [5.74, 6) is -3.31. The van der Waals surface area contributed by atoms with Crippen LogP contribution in [0.2, 0.25) is 0 Å². The Bertz CT molecular complexity index is 1430. The highest BCUT2D eigenvalue weighted by Gasteiger charge is 2.64. The van der Waals surface area contributed by atoms with Crippen molar-refractivity contribution in [3.63, 3.8) is 0 Å². The fourth-order valence-corrected chi connectivity index (χ4v) is 7.71. The van der Waals surface area contributed by atoms with Crippen LogP contribution in [0.15, 0.2) is 59.5 Å². The number of hydrogen-bond acceptors (Lipinski definition) is 8. The highest BCUT2D eigenvalue weighted by Crippen LogP contribution is 2.50. The Morgan fingerprint density at radius 2 is 1.65 bits per heavy atom. The second-order valence-electron chi connectivity index (χ2n) is 10.1. The molecule has 2 heterocycles. The zero-order chi connectivity index (χ0) is 29.6. The molecule has 0 spiro atoms. The summed E-state index contributed by atoms with van der Waals surface area (Å²) in [6, 6.07) is 8.41. The lowest BCUT2D eigenvalue weighted by Gasteiger charge is -2.44. The van der Waals surface area contributed by atoms with Gasteiger partial charge >= 0.3 is 5.97 Å². The molecule has 14 heteroatoms. The summed E-state index contributed by atoms with van der Waals surface area (Å²) in [6.07, 6.45) is 0. The number of hydrogen-bond donors (Lipinski definition) is 4. The molecule has 0 aromatic heterocycles. The fraction of sp³-hybridized carbons (Fsp3) is 0.385. The maximum absolute atomic E-state index is 13.5. The third-order valence-corrected chi connectivity index (χ3v) is 10.6. The van der Waals surface area contributed by atoms with E-state index in [-0.39, 0.29) is 16.2 Å². The van der Waals surface area contributed by atoms with E-state index < -0.39 is 68.0 Å². The van der Waals surface area contributed by atoms with Crippen LogP contribution in [-0.2, 0) is 29.2 Å². The van der Waals surface area contributed by atoms with Crippen molar-refractivity contribution in [3.05, 3.63) is 60.2 Å². The van der Waals surface area contributed by atoms with Crippen LogP contribution in [0.25, 0.3) is 0 Å². The molecule has 5 atom stereocenters. The molecule has 0 radical (unpaired) electrons. The number of fused-ring (bicyclic) bond motifs is 1. The Kier molecular flexibility index (Phi) is 7.89. The summed E-state index contributed by atoms with van der Waals surface area (Å²) in [7, 11) is -2.77. The first-order valence-electron chi connectivity index (χ1n) is 12.3. The van der Waals surface area contributed by atoms with Crippen molar-refractivity contribution in [3.8, 4) is 5.75 Å². The van der Waals surface area contributed by atoms with E-state index >= 15 is 0 Å². The van der Waals surface area contributed by atoms with Crippen molar-refractivity contribution < 1.29 is 37.8 Å². The molecule has 4 N–H and O–H groups in total. The number of carbonyl (C=O) groups is 4. The van der Waals surface area contributed by atoms with E-state index in [1.807, 2.05) is 0 Å². The molecule has 2 fully saturated rings. The van der Waals surface area contributed by atoms with Gasteiger partial charge in [-0.3, -0.25) is 14.4 Å². The van der Waals surface area contributed by atoms with Crippen LogP contribution in [-0.4, -0.2) is 86.8 Å². The van der Waals surface area contributed by atoms with E-state index in [0.29, 0.717) is 0 Å². The zero-order valence-corrected chi connectivity index (χ0v) is 23.8. The van der Waals surface area contributed by atoms with Gasteiger partial charge in [0.15, 0.2) is 0 Å². The number of thioether (sulfide) groups is 1. The Morgan fingerprint density at radius 1 is 1.05 bits per heavy atom. The van der Waals surface area contributed by atoms with Gasteiger partial charge in [-0.25, -0.2) is 13.2 Å². The van der Waals surface area contributed by atoms with Gasteiger partial charge in [0.25, 0.3) is 0 Å². The third kappa shape index (κ3) is 5.25. The van der Waals surface area contributed by atoms with Crippen molar-refractivity contribution in [2.24, 2.45) is 0 Å². The first-order valence-corrected chi connectivity index (χ1v) is 14.6. The number of phenolic OH excluding ortho intramolecular Hbond substituents is 1. The van der Waals surface area contributed by atoms with Gasteiger partial charge in [0.1, 0.15) is 35.3 Å². The summed E-state index contributed by atoms with van der Waals surface area (Å²) in [4.78, 5) is 52.6. The predicted molar refractivity (Wildman–Crippen MR) is 146 cm³/mol. The van der Waals surface area contributed by atoms with Crippen LogP contribution in [0, 0.1) is 0 Å². The number of rotatable bonds is 9. The summed E-state index contributed by atoms with van der Waals surface area (Å²) in [6.45, 7) is 4.79. The lowest BCUT2D eigenvalue weighted by Crippen LogP contribution is -2.71. The smallest absolute Gasteiger partial charge is 0.327 e. The predicted octanol–water partition coefficient (Wildman–Crippen LogP) is 0.890. The number of β-lactam (4-membered cyclic amide) rings is 1. The normalized spacial score (nSPS) is 23.1. The SMILES string of the molecule is C[C@@H](C(=O)NC(C(=O)N[C@@H]1C(=O)N2[C@@H]1SC(C)(C)[C@@H]2C(=O)O)c1ccc(O)cc1)N(C)S(=O)(=O)c1ccccc1. The lowest BCUT2D eigenvalue weighted by molar-refractivity contribution is -0.161. The molecule has 2 saturated heterocycles. The molecule has 4 rings (SSSR count). The summed E-state index contributed by atoms with van der Waals surface area (Å²) in [5, 5.41) is 23.9. The van der Waals surface area contributed by atoms with E-state index in [2.05, 4.69) is 10.6 Å². The average Bonchev–Trinajstić information content (AvgIpc) is 3.18. The summed E-state index contributed by atoms with van der Waals surface area (Å²) in [5.41, 5.74) is 0.274. The minimum absolute atomic E-state index is 0.00493. The molecule has 2 aromatic rings. The molecule has 0 saturated carbocycles. The van der Waals surface area contributed by atoms with Crippen LogP contribution in [0.1, 0.15) is 32.4 Å². The minimum atomic E-state index is -4.03. The third-order valence-electron chi connectivity index (χ3n) is 7.09. The van der Waals surface area contributed by atoms with Crippen LogP contribution in [0.4, 0.5) is 0 Å². The molecule has 0 bridgehead atoms. The van der Waals surface area contributed by atoms with Crippen molar-refractivity contribution >= 4 is 45.5 Å². The number of phenols is 1. The molecule has 3 amide bonds. The summed E-state index contributed by atoms with van der Waals surface area (Å²) < 4.78 is 26.1. The van der Waals surface area contributed by atoms with Gasteiger partial charge in [-0.1, -0.05) is 30.3 Å². The van der Waals surface area contributed by atoms with Crippen molar-refractivity contribution in [2.45, 2.75) is 60.0 Å². The topological polar surface area (TPSA) is 173 Å². The van der Waals surface area contributed by atoms with Crippen LogP contribution in [0.3, 0.4) is 0 Å². The number of carboxylic acids is 1. The van der Waals surface area contributed by atoms with Crippen molar-refractivity contribution in [1.82, 2.24) is 19.8 Å². The average molecular weight is 591 g/mol. The van der Waals surface area contributed by atoms with Crippen LogP contribution < -0.4 is 10.6 Å². The fourth-order valence-electron chi connectivity index (χ4n) is 4.74. The number of sulfonamides is 1. The second kappa shape index (κ2) is 10.7. The maximum atomic E-state index is 13.5. The molecule has 0 aliphatic carbocycles. The van der Waals surface area contributed by atoms with Crippen molar-refractivity contribution in [1.29, 1.82) is 0 Å². The number of aromatic hydroxyl groups is 1. The van der Waals surface area contributed by atoms with Gasteiger partial charge in [-0.15, -0.1) is 11.8 Å². The molecule has 214 valence electrons. The van der Waals surface area contributed by atoms with Gasteiger partial charge in [-0.05, 0) is 50.6 Å². The van der Waals surface area contributed by atoms with Gasteiger partial charge in [0.05, 0.1) is 4.90 Å². The Labute approximate surface area is 235 Å². The number of nitrogens with zero attached hydrogens (tertiary/aromatic N) is 2. The number of benzene rings is 2. The quantitative estimate of drug-likeness (QED) is 0.309. The van der Waals surface area contributed by atoms with E-state index in [1.54, 1.807) is 32.0 Å². The first-order chi connectivity index (χ1) is 18.7. The highest BCUT2D eigenvalue weighted by atomic mass is 32.2. The molecule has 2 aromatic carbocycles. The standard InChI is InChI=1S/C26H30N4O8S2/c1-14(29(4)40(37,38)17-8-6-5-7-9-17)21(32)27-18(15-10-12-16(31)13-11-15)22(33)28-19-23(34)30-20(25(35)36)26(2,3)39-24(19)30/h5-14,18-20,24,31H,1-4H3,(H,27,32)(H,28,33)(H,35,36)/t14-,18?,19+,20-,24+/m0/s1. The Morgan fingerprint density at radius 3 is 2.23 bits per heavy atom. The molecule has 40 heavy (non-hydrogen) atoms. The van der Waals surface area contributed by atoms with Crippen LogP contribution >= 0.6 is 11.8 Å². The highest BCUT2D eigenvalue weighted by molar-refractivity contribution is 8.01. The van der Waals surface area contributed by atoms with Gasteiger partial charge in [-0.2, -0.15) is 4.31 Å². The van der Waals surface area contributed by atoms with Gasteiger partial charge in [0, 0.05) is 11.8 Å². The largest absolute Gasteiger partial charge is 0.508 e. The number of carbonyl (C=O) groups excluding carboxylic acids is 3. The monoisotopic (exact) mass is 590 g/mol. The number of nitrogens with one attached hydrogen (secondary N) is 2. The number of carboxylic acid groups (broad SMARTS) is 1. The summed E-state index contributed by atoms with van der Waals surface area (Å²) >= 11 is 1.26. The maximum Gasteiger partial charge on any atom is 0.327 e. The van der Waals surface area contributed by atoms with Crippen molar-refractivity contribution in [2.75, 3.05) is 7.05 Å².